The van der Waals surface area contributed by atoms with E-state index in [-0.39, 0.29) is 18.0 Å². The molecule has 5 nitrogen and oxygen atoms in total. The van der Waals surface area contributed by atoms with E-state index >= 15 is 0 Å². The Morgan fingerprint density at radius 3 is 2.90 bits per heavy atom. The lowest BCUT2D eigenvalue weighted by molar-refractivity contribution is -0.175. The summed E-state index contributed by atoms with van der Waals surface area (Å²) >= 11 is 0. The predicted octanol–water partition coefficient (Wildman–Crippen LogP) is 1.93. The molecule has 0 aromatic heterocycles. The first-order valence-electron chi connectivity index (χ1n) is 7.15. The molecule has 3 rings (SSSR count). The van der Waals surface area contributed by atoms with Crippen LogP contribution in [0.1, 0.15) is 26.2 Å². The topological polar surface area (TPSA) is 54.0 Å². The van der Waals surface area contributed by atoms with Gasteiger partial charge < -0.3 is 18.9 Å². The van der Waals surface area contributed by atoms with Crippen LogP contribution in [0.3, 0.4) is 0 Å². The number of hydrogen-bond donors (Lipinski definition) is 0. The van der Waals surface area contributed by atoms with Crippen molar-refractivity contribution in [3.8, 4) is 0 Å². The molecular formula is C15H20O5. The Morgan fingerprint density at radius 2 is 2.25 bits per heavy atom. The standard InChI is InChI=1S/C15H20O5/c1-3-11-7-10-8-15(18-5-6-19-15)9-12(13(10)20-11)14(16)17-4-2/h3,10-11H,1,4-9H2,2H3/t10-,11-/m0/s1. The van der Waals surface area contributed by atoms with Gasteiger partial charge >= 0.3 is 5.97 Å². The molecule has 0 saturated carbocycles. The van der Waals surface area contributed by atoms with Crippen LogP contribution in [0.4, 0.5) is 0 Å². The van der Waals surface area contributed by atoms with E-state index in [1.165, 1.54) is 0 Å². The summed E-state index contributed by atoms with van der Waals surface area (Å²) in [4.78, 5) is 12.2. The van der Waals surface area contributed by atoms with Gasteiger partial charge in [0.25, 0.3) is 0 Å². The summed E-state index contributed by atoms with van der Waals surface area (Å²) in [5, 5.41) is 0. The third kappa shape index (κ3) is 2.25. The molecular weight excluding hydrogens is 260 g/mol. The average molecular weight is 280 g/mol. The summed E-state index contributed by atoms with van der Waals surface area (Å²) in [6, 6.07) is 0. The van der Waals surface area contributed by atoms with Crippen LogP contribution in [-0.2, 0) is 23.7 Å². The van der Waals surface area contributed by atoms with Crippen LogP contribution in [0.2, 0.25) is 0 Å². The number of esters is 1. The molecule has 5 heteroatoms. The lowest BCUT2D eigenvalue weighted by Gasteiger charge is -2.34. The van der Waals surface area contributed by atoms with E-state index in [1.807, 2.05) is 0 Å². The second-order valence-corrected chi connectivity index (χ2v) is 5.38. The molecule has 3 aliphatic rings. The van der Waals surface area contributed by atoms with Crippen molar-refractivity contribution in [1.29, 1.82) is 0 Å². The van der Waals surface area contributed by atoms with Crippen molar-refractivity contribution in [3.05, 3.63) is 24.0 Å². The fraction of sp³-hybridized carbons (Fsp3) is 0.667. The second-order valence-electron chi connectivity index (χ2n) is 5.38. The molecule has 0 aromatic carbocycles. The molecule has 0 bridgehead atoms. The third-order valence-corrected chi connectivity index (χ3v) is 4.07. The summed E-state index contributed by atoms with van der Waals surface area (Å²) in [5.74, 6) is -0.104. The average Bonchev–Trinajstić information content (AvgIpc) is 3.05. The van der Waals surface area contributed by atoms with Crippen molar-refractivity contribution in [2.75, 3.05) is 19.8 Å². The van der Waals surface area contributed by atoms with Gasteiger partial charge in [-0.25, -0.2) is 4.79 Å². The van der Waals surface area contributed by atoms with Gasteiger partial charge in [0.2, 0.25) is 0 Å². The van der Waals surface area contributed by atoms with Crippen molar-refractivity contribution in [3.63, 3.8) is 0 Å². The zero-order valence-electron chi connectivity index (χ0n) is 11.7. The normalized spacial score (nSPS) is 31.1. The van der Waals surface area contributed by atoms with Crippen LogP contribution in [0.5, 0.6) is 0 Å². The predicted molar refractivity (Wildman–Crippen MR) is 70.7 cm³/mol. The van der Waals surface area contributed by atoms with E-state index in [2.05, 4.69) is 6.58 Å². The lowest BCUT2D eigenvalue weighted by atomic mass is 9.83. The van der Waals surface area contributed by atoms with E-state index < -0.39 is 5.79 Å². The molecule has 0 N–H and O–H groups in total. The molecule has 2 atom stereocenters. The summed E-state index contributed by atoms with van der Waals surface area (Å²) in [7, 11) is 0. The molecule has 1 aliphatic carbocycles. The zero-order chi connectivity index (χ0) is 14.2. The van der Waals surface area contributed by atoms with E-state index in [4.69, 9.17) is 18.9 Å². The summed E-state index contributed by atoms with van der Waals surface area (Å²) < 4.78 is 22.5. The largest absolute Gasteiger partial charge is 0.490 e. The van der Waals surface area contributed by atoms with Gasteiger partial charge in [-0.15, -0.1) is 0 Å². The second kappa shape index (κ2) is 5.22. The van der Waals surface area contributed by atoms with E-state index in [1.54, 1.807) is 13.0 Å². The highest BCUT2D eigenvalue weighted by Gasteiger charge is 2.50. The molecule has 2 fully saturated rings. The van der Waals surface area contributed by atoms with Gasteiger partial charge in [0.05, 0.1) is 25.4 Å². The number of rotatable bonds is 3. The molecule has 20 heavy (non-hydrogen) atoms. The Kier molecular flexibility index (Phi) is 3.56. The molecule has 2 heterocycles. The molecule has 2 saturated heterocycles. The monoisotopic (exact) mass is 280 g/mol. The summed E-state index contributed by atoms with van der Waals surface area (Å²) in [5.41, 5.74) is 0.564. The molecule has 0 unspecified atom stereocenters. The van der Waals surface area contributed by atoms with Crippen LogP contribution >= 0.6 is 0 Å². The lowest BCUT2D eigenvalue weighted by Crippen LogP contribution is -2.38. The van der Waals surface area contributed by atoms with Gasteiger partial charge in [-0.3, -0.25) is 0 Å². The first kappa shape index (κ1) is 13.6. The number of allylic oxidation sites excluding steroid dienone is 1. The van der Waals surface area contributed by atoms with Crippen molar-refractivity contribution >= 4 is 5.97 Å². The van der Waals surface area contributed by atoms with Crippen LogP contribution in [0, 0.1) is 5.92 Å². The van der Waals surface area contributed by atoms with E-state index in [0.717, 1.165) is 18.6 Å². The van der Waals surface area contributed by atoms with Gasteiger partial charge in [0, 0.05) is 18.8 Å². The fourth-order valence-corrected chi connectivity index (χ4v) is 3.24. The van der Waals surface area contributed by atoms with Crippen molar-refractivity contribution in [2.45, 2.75) is 38.1 Å². The molecule has 1 spiro atoms. The van der Waals surface area contributed by atoms with Crippen LogP contribution in [-0.4, -0.2) is 37.7 Å². The van der Waals surface area contributed by atoms with Crippen LogP contribution < -0.4 is 0 Å². The maximum atomic E-state index is 12.2. The number of carbonyl (C=O) groups excluding carboxylic acids is 1. The van der Waals surface area contributed by atoms with Gasteiger partial charge in [-0.05, 0) is 13.3 Å². The van der Waals surface area contributed by atoms with Crippen LogP contribution in [0.15, 0.2) is 24.0 Å². The van der Waals surface area contributed by atoms with Gasteiger partial charge in [-0.2, -0.15) is 0 Å². The van der Waals surface area contributed by atoms with Gasteiger partial charge in [-0.1, -0.05) is 12.7 Å². The highest BCUT2D eigenvalue weighted by Crippen LogP contribution is 2.48. The van der Waals surface area contributed by atoms with Crippen molar-refractivity contribution in [2.24, 2.45) is 5.92 Å². The quantitative estimate of drug-likeness (QED) is 0.584. The number of ether oxygens (including phenoxy) is 4. The van der Waals surface area contributed by atoms with E-state index in [9.17, 15) is 4.79 Å². The molecule has 0 amide bonds. The number of carbonyl (C=O) groups is 1. The third-order valence-electron chi connectivity index (χ3n) is 4.07. The Labute approximate surface area is 118 Å². The van der Waals surface area contributed by atoms with E-state index in [0.29, 0.717) is 31.8 Å². The smallest absolute Gasteiger partial charge is 0.337 e. The number of hydrogen-bond acceptors (Lipinski definition) is 5. The summed E-state index contributed by atoms with van der Waals surface area (Å²) in [6.07, 6.45) is 3.68. The minimum absolute atomic E-state index is 0.0454. The minimum Gasteiger partial charge on any atom is -0.490 e. The highest BCUT2D eigenvalue weighted by atomic mass is 16.7. The summed E-state index contributed by atoms with van der Waals surface area (Å²) in [6.45, 7) is 7.06. The van der Waals surface area contributed by atoms with Crippen molar-refractivity contribution in [1.82, 2.24) is 0 Å². The number of fused-ring (bicyclic) bond motifs is 1. The van der Waals surface area contributed by atoms with Gasteiger partial charge in [0.15, 0.2) is 5.79 Å². The first-order chi connectivity index (χ1) is 9.67. The fourth-order valence-electron chi connectivity index (χ4n) is 3.24. The molecule has 0 radical (unpaired) electrons. The Balaban J connectivity index is 1.91. The molecule has 0 aromatic rings. The van der Waals surface area contributed by atoms with Crippen LogP contribution in [0.25, 0.3) is 0 Å². The maximum Gasteiger partial charge on any atom is 0.337 e. The maximum absolute atomic E-state index is 12.2. The minimum atomic E-state index is -0.671. The van der Waals surface area contributed by atoms with Crippen molar-refractivity contribution < 1.29 is 23.7 Å². The molecule has 2 aliphatic heterocycles. The first-order valence-corrected chi connectivity index (χ1v) is 7.15. The molecule has 110 valence electrons. The van der Waals surface area contributed by atoms with Gasteiger partial charge in [0.1, 0.15) is 11.9 Å². The Morgan fingerprint density at radius 1 is 1.50 bits per heavy atom. The Bertz CT molecular complexity index is 447. The SMILES string of the molecule is C=C[C@H]1C[C@H]2CC3(CC(C(=O)OCC)=C2O1)OCCO3. The Hall–Kier alpha value is -1.33. The zero-order valence-corrected chi connectivity index (χ0v) is 11.7. The highest BCUT2D eigenvalue weighted by molar-refractivity contribution is 5.89.